The Morgan fingerprint density at radius 1 is 0.395 bits per heavy atom. The van der Waals surface area contributed by atoms with Gasteiger partial charge in [0.1, 0.15) is 0 Å². The number of hydrogen-bond donors (Lipinski definition) is 0. The fraction of sp³-hybridized carbons (Fsp3) is 0. The van der Waals surface area contributed by atoms with Crippen LogP contribution in [0.3, 0.4) is 0 Å². The van der Waals surface area contributed by atoms with Gasteiger partial charge in [-0.3, -0.25) is 9.98 Å². The maximum atomic E-state index is 5.64. The molecule has 0 aromatic heterocycles. The third kappa shape index (κ3) is 7.21. The van der Waals surface area contributed by atoms with Gasteiger partial charge < -0.3 is 25.3 Å². The second-order valence-electron chi connectivity index (χ2n) is 9.79. The molecule has 0 unspecified atom stereocenters. The molecule has 0 saturated heterocycles. The molecule has 0 fully saturated rings. The summed E-state index contributed by atoms with van der Waals surface area (Å²) in [5.74, 6) is 0. The average Bonchev–Trinajstić information content (AvgIpc) is 3.05. The molecule has 2 nitrogen and oxygen atoms in total. The van der Waals surface area contributed by atoms with Crippen LogP contribution in [0.2, 0.25) is 0 Å². The molecule has 0 aliphatic carbocycles. The van der Waals surface area contributed by atoms with E-state index in [4.69, 9.17) is 35.2 Å². The van der Waals surface area contributed by atoms with Crippen LogP contribution in [0.15, 0.2) is 165 Å². The van der Waals surface area contributed by atoms with E-state index in [9.17, 15) is 0 Å². The second kappa shape index (κ2) is 14.3. The summed E-state index contributed by atoms with van der Waals surface area (Å²) in [5, 5.41) is 0. The third-order valence-corrected chi connectivity index (χ3v) is 7.76. The first kappa shape index (κ1) is 30.2. The maximum absolute atomic E-state index is 5.64. The number of nitrogens with zero attached hydrogens (tertiary/aromatic N) is 2. The molecule has 0 amide bonds. The van der Waals surface area contributed by atoms with Gasteiger partial charge >= 0.3 is 19.5 Å². The molecule has 0 bridgehead atoms. The molecule has 6 aromatic carbocycles. The predicted molar refractivity (Wildman–Crippen MR) is 181 cm³/mol. The van der Waals surface area contributed by atoms with E-state index in [1.807, 2.05) is 97.4 Å². The first-order valence-electron chi connectivity index (χ1n) is 13.7. The zero-order valence-corrected chi connectivity index (χ0v) is 28.0. The van der Waals surface area contributed by atoms with Gasteiger partial charge in [-0.25, -0.2) is 0 Å². The normalized spacial score (nSPS) is 11.1. The zero-order valence-electron chi connectivity index (χ0n) is 23.4. The van der Waals surface area contributed by atoms with Crippen molar-refractivity contribution in [1.29, 1.82) is 0 Å². The summed E-state index contributed by atoms with van der Waals surface area (Å²) in [6, 6.07) is 49.0. The monoisotopic (exact) mass is 638 g/mol. The Balaban J connectivity index is 0.00000368. The van der Waals surface area contributed by atoms with Crippen molar-refractivity contribution in [3.8, 4) is 33.4 Å². The summed E-state index contributed by atoms with van der Waals surface area (Å²) in [6.45, 7) is 0. The van der Waals surface area contributed by atoms with E-state index >= 15 is 0 Å². The van der Waals surface area contributed by atoms with Crippen molar-refractivity contribution in [2.75, 3.05) is 0 Å². The molecular formula is C38H26N2S2Zn. The van der Waals surface area contributed by atoms with E-state index in [1.54, 1.807) is 0 Å². The van der Waals surface area contributed by atoms with Crippen molar-refractivity contribution >= 4 is 49.1 Å². The molecule has 43 heavy (non-hydrogen) atoms. The maximum Gasteiger partial charge on any atom is 2.00 e. The van der Waals surface area contributed by atoms with Crippen LogP contribution in [0.5, 0.6) is 0 Å². The van der Waals surface area contributed by atoms with Gasteiger partial charge in [0, 0.05) is 23.6 Å². The van der Waals surface area contributed by atoms with E-state index in [1.165, 1.54) is 0 Å². The van der Waals surface area contributed by atoms with Gasteiger partial charge in [-0.1, -0.05) is 121 Å². The van der Waals surface area contributed by atoms with Crippen LogP contribution >= 0.6 is 0 Å². The van der Waals surface area contributed by atoms with E-state index in [0.717, 1.165) is 65.7 Å². The third-order valence-electron chi connectivity index (χ3n) is 7.02. The fourth-order valence-electron chi connectivity index (χ4n) is 4.83. The molecule has 6 rings (SSSR count). The molecule has 0 aliphatic rings. The average molecular weight is 640 g/mol. The van der Waals surface area contributed by atoms with Crippen molar-refractivity contribution in [3.05, 3.63) is 157 Å². The SMILES string of the molecule is [S-]c1ccc(-c2ccccc2)cc1C=Nc1ccccc1-c1ccccc1N=Cc1cc(-c2ccccc2)ccc1[S-].[Zn+2]. The molecular weight excluding hydrogens is 614 g/mol. The molecule has 0 spiro atoms. The second-order valence-corrected chi connectivity index (χ2v) is 10.7. The Labute approximate surface area is 276 Å². The van der Waals surface area contributed by atoms with Crippen molar-refractivity contribution in [2.24, 2.45) is 9.98 Å². The minimum atomic E-state index is 0. The molecule has 0 heterocycles. The molecule has 0 atom stereocenters. The van der Waals surface area contributed by atoms with E-state index in [2.05, 4.69) is 60.7 Å². The van der Waals surface area contributed by atoms with Gasteiger partial charge in [-0.05, 0) is 57.6 Å². The first-order chi connectivity index (χ1) is 20.7. The van der Waals surface area contributed by atoms with Crippen molar-refractivity contribution in [3.63, 3.8) is 0 Å². The van der Waals surface area contributed by atoms with Crippen LogP contribution in [0.4, 0.5) is 11.4 Å². The topological polar surface area (TPSA) is 24.7 Å². The molecule has 0 saturated carbocycles. The largest absolute Gasteiger partial charge is 2.00 e. The standard InChI is InChI=1S/C38H28N2S2.Zn/c41-37-21-19-29(27-11-3-1-4-12-27)23-31(37)25-39-35-17-9-7-15-33(35)34-16-8-10-18-36(34)40-26-32-24-30(20-22-38(32)42)28-13-5-2-6-14-28;/h1-26,41-42H;/q;+2/p-2. The summed E-state index contributed by atoms with van der Waals surface area (Å²) in [7, 11) is 0. The van der Waals surface area contributed by atoms with Gasteiger partial charge in [0.05, 0.1) is 11.4 Å². The molecule has 0 radical (unpaired) electrons. The summed E-state index contributed by atoms with van der Waals surface area (Å²) in [6.07, 6.45) is 3.72. The smallest absolute Gasteiger partial charge is 0.779 e. The molecule has 202 valence electrons. The Bertz CT molecular complexity index is 1760. The number of rotatable bonds is 7. The Morgan fingerprint density at radius 3 is 1.19 bits per heavy atom. The quantitative estimate of drug-likeness (QED) is 0.0986. The van der Waals surface area contributed by atoms with Gasteiger partial charge in [-0.15, -0.1) is 0 Å². The minimum absolute atomic E-state index is 0. The number of para-hydroxylation sites is 2. The summed E-state index contributed by atoms with van der Waals surface area (Å²) < 4.78 is 0. The van der Waals surface area contributed by atoms with Gasteiger partial charge in [0.25, 0.3) is 0 Å². The Morgan fingerprint density at radius 2 is 0.767 bits per heavy atom. The number of benzene rings is 6. The molecule has 6 aromatic rings. The van der Waals surface area contributed by atoms with Crippen LogP contribution in [0.1, 0.15) is 11.1 Å². The Kier molecular flexibility index (Phi) is 10.0. The first-order valence-corrected chi connectivity index (χ1v) is 14.5. The summed E-state index contributed by atoms with van der Waals surface area (Å²) >= 11 is 11.3. The van der Waals surface area contributed by atoms with E-state index < -0.39 is 0 Å². The minimum Gasteiger partial charge on any atom is -0.779 e. The fourth-order valence-corrected chi connectivity index (χ4v) is 5.18. The molecule has 5 heteroatoms. The van der Waals surface area contributed by atoms with Crippen molar-refractivity contribution in [2.45, 2.75) is 9.79 Å². The molecule has 0 N–H and O–H groups in total. The van der Waals surface area contributed by atoms with Crippen LogP contribution in [0, 0.1) is 0 Å². The molecule has 0 aliphatic heterocycles. The zero-order chi connectivity index (χ0) is 28.7. The van der Waals surface area contributed by atoms with Crippen LogP contribution in [-0.2, 0) is 44.7 Å². The summed E-state index contributed by atoms with van der Waals surface area (Å²) in [5.41, 5.74) is 9.98. The summed E-state index contributed by atoms with van der Waals surface area (Å²) in [4.78, 5) is 11.3. The van der Waals surface area contributed by atoms with Crippen LogP contribution < -0.4 is 0 Å². The predicted octanol–water partition coefficient (Wildman–Crippen LogP) is 10.00. The van der Waals surface area contributed by atoms with Gasteiger partial charge in [-0.2, -0.15) is 9.79 Å². The van der Waals surface area contributed by atoms with Crippen molar-refractivity contribution in [1.82, 2.24) is 0 Å². The van der Waals surface area contributed by atoms with Crippen LogP contribution in [0.25, 0.3) is 33.4 Å². The van der Waals surface area contributed by atoms with E-state index in [0.29, 0.717) is 0 Å². The van der Waals surface area contributed by atoms with Gasteiger partial charge in [0.15, 0.2) is 0 Å². The number of hydrogen-bond acceptors (Lipinski definition) is 4. The van der Waals surface area contributed by atoms with E-state index in [-0.39, 0.29) is 19.5 Å². The van der Waals surface area contributed by atoms with Crippen LogP contribution in [-0.4, -0.2) is 12.4 Å². The number of aliphatic imine (C=N–C) groups is 2. The van der Waals surface area contributed by atoms with Crippen molar-refractivity contribution < 1.29 is 19.5 Å². The Hall–Kier alpha value is -4.28. The van der Waals surface area contributed by atoms with Gasteiger partial charge in [0.2, 0.25) is 0 Å².